The van der Waals surface area contributed by atoms with E-state index in [1.165, 1.54) is 0 Å². The van der Waals surface area contributed by atoms with E-state index >= 15 is 0 Å². The smallest absolute Gasteiger partial charge is 0.150 e. The standard InChI is InChI=1S/C14H22N2O3S/c1-10(2)19-13-6-4-3-5-12(13)14(16-15)11-7-8-20(17,18)9-11/h3-6,10-11,14,16H,7-9,15H2,1-2H3. The molecule has 1 aromatic carbocycles. The molecule has 0 aromatic heterocycles. The van der Waals surface area contributed by atoms with E-state index in [1.54, 1.807) is 0 Å². The fraction of sp³-hybridized carbons (Fsp3) is 0.571. The van der Waals surface area contributed by atoms with E-state index in [0.29, 0.717) is 6.42 Å². The van der Waals surface area contributed by atoms with Gasteiger partial charge in [-0.3, -0.25) is 11.3 Å². The summed E-state index contributed by atoms with van der Waals surface area (Å²) in [5.41, 5.74) is 3.69. The molecule has 0 spiro atoms. The minimum atomic E-state index is -2.93. The second kappa shape index (κ2) is 6.11. The maximum atomic E-state index is 11.7. The molecule has 1 fully saturated rings. The molecular weight excluding hydrogens is 276 g/mol. The SMILES string of the molecule is CC(C)Oc1ccccc1C(NN)C1CCS(=O)(=O)C1. The maximum absolute atomic E-state index is 11.7. The van der Waals surface area contributed by atoms with Crippen LogP contribution in [0.15, 0.2) is 24.3 Å². The minimum absolute atomic E-state index is 0.0121. The first kappa shape index (κ1) is 15.3. The van der Waals surface area contributed by atoms with Gasteiger partial charge in [-0.15, -0.1) is 0 Å². The zero-order valence-corrected chi connectivity index (χ0v) is 12.7. The molecule has 20 heavy (non-hydrogen) atoms. The van der Waals surface area contributed by atoms with Crippen LogP contribution in [0.1, 0.15) is 31.9 Å². The van der Waals surface area contributed by atoms with Crippen molar-refractivity contribution in [2.45, 2.75) is 32.4 Å². The van der Waals surface area contributed by atoms with E-state index in [2.05, 4.69) is 5.43 Å². The van der Waals surface area contributed by atoms with Gasteiger partial charge in [0.25, 0.3) is 0 Å². The number of para-hydroxylation sites is 1. The number of rotatable bonds is 5. The topological polar surface area (TPSA) is 81.4 Å². The van der Waals surface area contributed by atoms with Gasteiger partial charge in [0.05, 0.1) is 23.7 Å². The van der Waals surface area contributed by atoms with E-state index in [4.69, 9.17) is 10.6 Å². The summed E-state index contributed by atoms with van der Waals surface area (Å²) in [5.74, 6) is 6.84. The summed E-state index contributed by atoms with van der Waals surface area (Å²) < 4.78 is 29.1. The lowest BCUT2D eigenvalue weighted by Gasteiger charge is -2.25. The lowest BCUT2D eigenvalue weighted by atomic mass is 9.92. The maximum Gasteiger partial charge on any atom is 0.150 e. The highest BCUT2D eigenvalue weighted by Gasteiger charge is 2.35. The Labute approximate surface area is 120 Å². The van der Waals surface area contributed by atoms with Crippen LogP contribution in [0.4, 0.5) is 0 Å². The predicted octanol–water partition coefficient (Wildman–Crippen LogP) is 1.41. The van der Waals surface area contributed by atoms with Crippen LogP contribution in [-0.4, -0.2) is 26.0 Å². The van der Waals surface area contributed by atoms with Crippen LogP contribution in [0.5, 0.6) is 5.75 Å². The van der Waals surface area contributed by atoms with Gasteiger partial charge in [0.15, 0.2) is 9.84 Å². The van der Waals surface area contributed by atoms with E-state index in [0.717, 1.165) is 11.3 Å². The monoisotopic (exact) mass is 298 g/mol. The Morgan fingerprint density at radius 3 is 2.60 bits per heavy atom. The summed E-state index contributed by atoms with van der Waals surface area (Å²) in [5, 5.41) is 0. The molecule has 0 bridgehead atoms. The van der Waals surface area contributed by atoms with Gasteiger partial charge in [0, 0.05) is 5.56 Å². The summed E-state index contributed by atoms with van der Waals surface area (Å²) in [6.07, 6.45) is 0.689. The Morgan fingerprint density at radius 2 is 2.05 bits per heavy atom. The van der Waals surface area contributed by atoms with Crippen LogP contribution in [0.25, 0.3) is 0 Å². The predicted molar refractivity (Wildman–Crippen MR) is 79.0 cm³/mol. The summed E-state index contributed by atoms with van der Waals surface area (Å²) in [7, 11) is -2.93. The van der Waals surface area contributed by atoms with Crippen LogP contribution < -0.4 is 16.0 Å². The van der Waals surface area contributed by atoms with Crippen LogP contribution >= 0.6 is 0 Å². The quantitative estimate of drug-likeness (QED) is 0.634. The minimum Gasteiger partial charge on any atom is -0.491 e. The van der Waals surface area contributed by atoms with Gasteiger partial charge < -0.3 is 4.74 Å². The normalized spacial score (nSPS) is 22.9. The zero-order valence-electron chi connectivity index (χ0n) is 11.9. The molecule has 3 N–H and O–H groups in total. The molecule has 2 unspecified atom stereocenters. The molecule has 0 radical (unpaired) electrons. The molecule has 0 amide bonds. The molecule has 0 saturated carbocycles. The highest BCUT2D eigenvalue weighted by molar-refractivity contribution is 7.91. The number of hydrazine groups is 1. The Morgan fingerprint density at radius 1 is 1.35 bits per heavy atom. The van der Waals surface area contributed by atoms with Gasteiger partial charge in [-0.25, -0.2) is 8.42 Å². The summed E-state index contributed by atoms with van der Waals surface area (Å²) in [6, 6.07) is 7.44. The molecule has 0 aliphatic carbocycles. The number of hydrogen-bond donors (Lipinski definition) is 2. The summed E-state index contributed by atoms with van der Waals surface area (Å²) in [6.45, 7) is 3.92. The van der Waals surface area contributed by atoms with Crippen LogP contribution in [0.2, 0.25) is 0 Å². The van der Waals surface area contributed by atoms with Gasteiger partial charge in [-0.2, -0.15) is 0 Å². The highest BCUT2D eigenvalue weighted by atomic mass is 32.2. The Hall–Kier alpha value is -1.11. The van der Waals surface area contributed by atoms with E-state index in [9.17, 15) is 8.42 Å². The number of nitrogens with two attached hydrogens (primary N) is 1. The van der Waals surface area contributed by atoms with Gasteiger partial charge in [-0.05, 0) is 32.3 Å². The molecule has 6 heteroatoms. The molecule has 5 nitrogen and oxygen atoms in total. The molecule has 1 saturated heterocycles. The first-order chi connectivity index (χ1) is 9.43. The first-order valence-electron chi connectivity index (χ1n) is 6.85. The van der Waals surface area contributed by atoms with Crippen LogP contribution in [0, 0.1) is 5.92 Å². The molecule has 2 atom stereocenters. The summed E-state index contributed by atoms with van der Waals surface area (Å²) in [4.78, 5) is 0. The van der Waals surface area contributed by atoms with Crippen molar-refractivity contribution in [2.24, 2.45) is 11.8 Å². The third kappa shape index (κ3) is 3.50. The molecule has 1 aromatic rings. The first-order valence-corrected chi connectivity index (χ1v) is 8.67. The van der Waals surface area contributed by atoms with Gasteiger partial charge >= 0.3 is 0 Å². The van der Waals surface area contributed by atoms with Crippen molar-refractivity contribution in [3.05, 3.63) is 29.8 Å². The largest absolute Gasteiger partial charge is 0.491 e. The van der Waals surface area contributed by atoms with Crippen molar-refractivity contribution in [3.8, 4) is 5.75 Å². The Kier molecular flexibility index (Phi) is 4.67. The van der Waals surface area contributed by atoms with Crippen LogP contribution in [0.3, 0.4) is 0 Å². The molecule has 1 heterocycles. The zero-order chi connectivity index (χ0) is 14.8. The number of ether oxygens (including phenoxy) is 1. The van der Waals surface area contributed by atoms with Crippen molar-refractivity contribution in [3.63, 3.8) is 0 Å². The second-order valence-electron chi connectivity index (χ2n) is 5.51. The average Bonchev–Trinajstić information content (AvgIpc) is 2.72. The van der Waals surface area contributed by atoms with Gasteiger partial charge in [0.2, 0.25) is 0 Å². The number of sulfone groups is 1. The molecule has 112 valence electrons. The summed E-state index contributed by atoms with van der Waals surface area (Å²) >= 11 is 0. The number of benzene rings is 1. The van der Waals surface area contributed by atoms with Gasteiger partial charge in [-0.1, -0.05) is 18.2 Å². The van der Waals surface area contributed by atoms with E-state index in [1.807, 2.05) is 38.1 Å². The van der Waals surface area contributed by atoms with Crippen molar-refractivity contribution in [1.82, 2.24) is 5.43 Å². The number of hydrogen-bond acceptors (Lipinski definition) is 5. The van der Waals surface area contributed by atoms with Crippen molar-refractivity contribution < 1.29 is 13.2 Å². The number of nitrogens with one attached hydrogen (secondary N) is 1. The third-order valence-corrected chi connectivity index (χ3v) is 5.33. The molecule has 1 aliphatic rings. The van der Waals surface area contributed by atoms with Crippen molar-refractivity contribution >= 4 is 9.84 Å². The van der Waals surface area contributed by atoms with E-state index < -0.39 is 9.84 Å². The van der Waals surface area contributed by atoms with Crippen LogP contribution in [-0.2, 0) is 9.84 Å². The van der Waals surface area contributed by atoms with E-state index in [-0.39, 0.29) is 29.6 Å². The molecule has 1 aliphatic heterocycles. The fourth-order valence-corrected chi connectivity index (χ4v) is 4.51. The van der Waals surface area contributed by atoms with Gasteiger partial charge in [0.1, 0.15) is 5.75 Å². The average molecular weight is 298 g/mol. The Bertz CT molecular complexity index is 557. The van der Waals surface area contributed by atoms with Crippen molar-refractivity contribution in [2.75, 3.05) is 11.5 Å². The molecule has 2 rings (SSSR count). The molecular formula is C14H22N2O3S. The fourth-order valence-electron chi connectivity index (χ4n) is 2.67. The lowest BCUT2D eigenvalue weighted by molar-refractivity contribution is 0.234. The van der Waals surface area contributed by atoms with Crippen molar-refractivity contribution in [1.29, 1.82) is 0 Å². The Balaban J connectivity index is 2.28. The lowest BCUT2D eigenvalue weighted by Crippen LogP contribution is -2.34. The highest BCUT2D eigenvalue weighted by Crippen LogP contribution is 2.35. The third-order valence-electron chi connectivity index (χ3n) is 3.54. The second-order valence-corrected chi connectivity index (χ2v) is 7.74.